The van der Waals surface area contributed by atoms with Gasteiger partial charge in [0.15, 0.2) is 11.6 Å². The van der Waals surface area contributed by atoms with Crippen LogP contribution in [-0.4, -0.2) is 11.6 Å². The second-order valence-corrected chi connectivity index (χ2v) is 7.93. The summed E-state index contributed by atoms with van der Waals surface area (Å²) in [5.74, 6) is 0.134. The van der Waals surface area contributed by atoms with E-state index in [4.69, 9.17) is 4.74 Å². The Morgan fingerprint density at radius 1 is 0.962 bits per heavy atom. The molecule has 0 fully saturated rings. The minimum absolute atomic E-state index is 0.0440. The van der Waals surface area contributed by atoms with Crippen LogP contribution in [0, 0.1) is 11.3 Å². The van der Waals surface area contributed by atoms with Gasteiger partial charge in [0, 0.05) is 24.0 Å². The lowest BCUT2D eigenvalue weighted by molar-refractivity contribution is -0.118. The van der Waals surface area contributed by atoms with Crippen LogP contribution in [0.3, 0.4) is 0 Å². The van der Waals surface area contributed by atoms with E-state index in [9.17, 15) is 9.59 Å². The number of allylic oxidation sites excluding steroid dienone is 1. The number of ketones is 2. The summed E-state index contributed by atoms with van der Waals surface area (Å²) in [5.41, 5.74) is 2.00. The van der Waals surface area contributed by atoms with Crippen molar-refractivity contribution < 1.29 is 14.3 Å². The summed E-state index contributed by atoms with van der Waals surface area (Å²) in [4.78, 5) is 26.3. The number of hydrogen-bond acceptors (Lipinski definition) is 3. The van der Waals surface area contributed by atoms with Crippen molar-refractivity contribution in [3.8, 4) is 0 Å². The predicted octanol–water partition coefficient (Wildman–Crippen LogP) is 4.90. The average molecular weight is 346 g/mol. The van der Waals surface area contributed by atoms with E-state index in [0.29, 0.717) is 29.7 Å². The number of rotatable bonds is 3. The molecule has 2 aromatic carbocycles. The maximum atomic E-state index is 13.3. The van der Waals surface area contributed by atoms with Crippen LogP contribution in [0.1, 0.15) is 48.7 Å². The second-order valence-electron chi connectivity index (χ2n) is 7.93. The summed E-state index contributed by atoms with van der Waals surface area (Å²) >= 11 is 0. The van der Waals surface area contributed by atoms with E-state index in [-0.39, 0.29) is 17.0 Å². The van der Waals surface area contributed by atoms with Gasteiger partial charge in [-0.05, 0) is 11.0 Å². The van der Waals surface area contributed by atoms with Gasteiger partial charge in [-0.2, -0.15) is 0 Å². The number of carbonyl (C=O) groups excluding carboxylic acids is 2. The van der Waals surface area contributed by atoms with Crippen LogP contribution < -0.4 is 0 Å². The van der Waals surface area contributed by atoms with E-state index in [0.717, 1.165) is 5.56 Å². The van der Waals surface area contributed by atoms with Crippen LogP contribution in [0.2, 0.25) is 0 Å². The lowest BCUT2D eigenvalue weighted by atomic mass is 9.72. The van der Waals surface area contributed by atoms with Crippen molar-refractivity contribution in [2.75, 3.05) is 0 Å². The molecule has 0 spiro atoms. The molecule has 1 aliphatic heterocycles. The number of benzene rings is 2. The van der Waals surface area contributed by atoms with Crippen LogP contribution in [0.15, 0.2) is 72.0 Å². The van der Waals surface area contributed by atoms with E-state index >= 15 is 0 Å². The van der Waals surface area contributed by atoms with Crippen molar-refractivity contribution in [1.29, 1.82) is 0 Å². The number of Topliss-reactive ketones (excluding diaryl/α,β-unsaturated/α-hetero) is 2. The third-order valence-electron chi connectivity index (χ3n) is 5.23. The second kappa shape index (κ2) is 6.24. The summed E-state index contributed by atoms with van der Waals surface area (Å²) in [5, 5.41) is 0. The molecule has 2 aliphatic rings. The molecule has 0 saturated carbocycles. The topological polar surface area (TPSA) is 43.4 Å². The van der Waals surface area contributed by atoms with Crippen molar-refractivity contribution in [2.24, 2.45) is 11.3 Å². The third kappa shape index (κ3) is 2.88. The number of ether oxygens (including phenoxy) is 1. The van der Waals surface area contributed by atoms with Crippen LogP contribution in [0.4, 0.5) is 0 Å². The fraction of sp³-hybridized carbons (Fsp3) is 0.304. The number of hydrogen-bond donors (Lipinski definition) is 0. The van der Waals surface area contributed by atoms with Crippen molar-refractivity contribution in [2.45, 2.75) is 32.8 Å². The van der Waals surface area contributed by atoms with Gasteiger partial charge in [0.25, 0.3) is 0 Å². The van der Waals surface area contributed by atoms with Gasteiger partial charge in [0.2, 0.25) is 0 Å². The van der Waals surface area contributed by atoms with E-state index < -0.39 is 12.0 Å². The Morgan fingerprint density at radius 2 is 1.58 bits per heavy atom. The van der Waals surface area contributed by atoms with E-state index in [1.54, 1.807) is 12.1 Å². The van der Waals surface area contributed by atoms with Gasteiger partial charge in [-0.25, -0.2) is 0 Å². The molecule has 3 nitrogen and oxygen atoms in total. The molecule has 1 heterocycles. The van der Waals surface area contributed by atoms with E-state index in [1.807, 2.05) is 48.5 Å². The van der Waals surface area contributed by atoms with Crippen molar-refractivity contribution in [3.63, 3.8) is 0 Å². The Balaban J connectivity index is 1.80. The van der Waals surface area contributed by atoms with Gasteiger partial charge in [0.1, 0.15) is 11.9 Å². The molecule has 0 amide bonds. The molecule has 4 rings (SSSR count). The van der Waals surface area contributed by atoms with E-state index in [2.05, 4.69) is 13.8 Å². The molecule has 0 bridgehead atoms. The summed E-state index contributed by atoms with van der Waals surface area (Å²) < 4.78 is 6.25. The molecule has 0 saturated heterocycles. The average Bonchev–Trinajstić information content (AvgIpc) is 3.01. The minimum Gasteiger partial charge on any atom is -0.488 e. The normalized spacial score (nSPS) is 24.2. The Bertz CT molecular complexity index is 878. The molecule has 26 heavy (non-hydrogen) atoms. The molecule has 132 valence electrons. The van der Waals surface area contributed by atoms with Crippen LogP contribution >= 0.6 is 0 Å². The molecule has 2 aromatic rings. The standard InChI is InChI=1S/C23H22O3/c1-23(2)13-17(24)19-18(14-23)26-22(16-11-7-4-8-12-16)20(19)21(25)15-9-5-3-6-10-15/h3-12,20,22H,13-14H2,1-2H3. The van der Waals surface area contributed by atoms with Gasteiger partial charge in [-0.15, -0.1) is 0 Å². The highest BCUT2D eigenvalue weighted by Gasteiger charge is 2.49. The molecule has 2 unspecified atom stereocenters. The zero-order valence-electron chi connectivity index (χ0n) is 15.1. The first kappa shape index (κ1) is 16.8. The Kier molecular flexibility index (Phi) is 4.03. The Hall–Kier alpha value is -2.68. The summed E-state index contributed by atoms with van der Waals surface area (Å²) in [6.07, 6.45) is 0.706. The fourth-order valence-corrected chi connectivity index (χ4v) is 4.06. The lowest BCUT2D eigenvalue weighted by Gasteiger charge is -2.29. The van der Waals surface area contributed by atoms with Gasteiger partial charge in [-0.1, -0.05) is 74.5 Å². The first-order valence-electron chi connectivity index (χ1n) is 9.03. The maximum absolute atomic E-state index is 13.3. The molecule has 0 N–H and O–H groups in total. The quantitative estimate of drug-likeness (QED) is 0.743. The molecule has 2 atom stereocenters. The lowest BCUT2D eigenvalue weighted by Crippen LogP contribution is -2.29. The molecular formula is C23H22O3. The minimum atomic E-state index is -0.571. The van der Waals surface area contributed by atoms with Gasteiger partial charge in [0.05, 0.1) is 5.92 Å². The van der Waals surface area contributed by atoms with Crippen molar-refractivity contribution >= 4 is 11.6 Å². The SMILES string of the molecule is CC1(C)CC(=O)C2=C(C1)OC(c1ccccc1)C2C(=O)c1ccccc1. The Labute approximate surface area is 153 Å². The molecule has 1 aliphatic carbocycles. The fourth-order valence-electron chi connectivity index (χ4n) is 4.06. The van der Waals surface area contributed by atoms with Crippen LogP contribution in [0.5, 0.6) is 0 Å². The molecule has 0 aromatic heterocycles. The molecular weight excluding hydrogens is 324 g/mol. The summed E-state index contributed by atoms with van der Waals surface area (Å²) in [7, 11) is 0. The van der Waals surface area contributed by atoms with Crippen molar-refractivity contribution in [3.05, 3.63) is 83.1 Å². The zero-order chi connectivity index (χ0) is 18.3. The maximum Gasteiger partial charge on any atom is 0.174 e. The zero-order valence-corrected chi connectivity index (χ0v) is 15.1. The largest absolute Gasteiger partial charge is 0.488 e. The highest BCUT2D eigenvalue weighted by atomic mass is 16.5. The van der Waals surface area contributed by atoms with Gasteiger partial charge < -0.3 is 4.74 Å². The molecule has 3 heteroatoms. The van der Waals surface area contributed by atoms with Gasteiger partial charge in [-0.3, -0.25) is 9.59 Å². The number of carbonyl (C=O) groups is 2. The van der Waals surface area contributed by atoms with Crippen LogP contribution in [0.25, 0.3) is 0 Å². The Morgan fingerprint density at radius 3 is 2.23 bits per heavy atom. The van der Waals surface area contributed by atoms with Gasteiger partial charge >= 0.3 is 0 Å². The highest BCUT2D eigenvalue weighted by molar-refractivity contribution is 6.09. The summed E-state index contributed by atoms with van der Waals surface area (Å²) in [6, 6.07) is 18.9. The third-order valence-corrected chi connectivity index (χ3v) is 5.23. The van der Waals surface area contributed by atoms with E-state index in [1.165, 1.54) is 0 Å². The smallest absolute Gasteiger partial charge is 0.174 e. The predicted molar refractivity (Wildman–Crippen MR) is 99.6 cm³/mol. The monoisotopic (exact) mass is 346 g/mol. The summed E-state index contributed by atoms with van der Waals surface area (Å²) in [6.45, 7) is 4.14. The highest BCUT2D eigenvalue weighted by Crippen LogP contribution is 2.50. The van der Waals surface area contributed by atoms with Crippen molar-refractivity contribution in [1.82, 2.24) is 0 Å². The first-order chi connectivity index (χ1) is 12.5. The molecule has 0 radical (unpaired) electrons. The first-order valence-corrected chi connectivity index (χ1v) is 9.03. The van der Waals surface area contributed by atoms with Crippen LogP contribution in [-0.2, 0) is 9.53 Å².